The van der Waals surface area contributed by atoms with Crippen molar-refractivity contribution in [3.8, 4) is 0 Å². The van der Waals surface area contributed by atoms with Crippen molar-refractivity contribution in [3.63, 3.8) is 0 Å². The van der Waals surface area contributed by atoms with Gasteiger partial charge < -0.3 is 10.2 Å². The maximum Gasteiger partial charge on any atom is 0.239 e. The number of hydrogen-bond donors (Lipinski definition) is 1. The van der Waals surface area contributed by atoms with E-state index in [-0.39, 0.29) is 11.9 Å². The Bertz CT molecular complexity index is 313. The molecular weight excluding hydrogens is 200 g/mol. The van der Waals surface area contributed by atoms with Crippen LogP contribution in [0.5, 0.6) is 0 Å². The van der Waals surface area contributed by atoms with Gasteiger partial charge in [0.2, 0.25) is 5.91 Å². The molecular formula is C8H12N4OS. The van der Waals surface area contributed by atoms with Crippen molar-refractivity contribution in [1.29, 1.82) is 0 Å². The Morgan fingerprint density at radius 3 is 3.21 bits per heavy atom. The molecule has 1 aromatic heterocycles. The van der Waals surface area contributed by atoms with Crippen LogP contribution in [-0.2, 0) is 11.3 Å². The second-order valence-electron chi connectivity index (χ2n) is 3.37. The molecule has 0 radical (unpaired) electrons. The zero-order valence-electron chi connectivity index (χ0n) is 7.93. The van der Waals surface area contributed by atoms with Gasteiger partial charge >= 0.3 is 0 Å². The van der Waals surface area contributed by atoms with E-state index in [0.717, 1.165) is 17.8 Å². The third-order valence-corrected chi connectivity index (χ3v) is 3.02. The summed E-state index contributed by atoms with van der Waals surface area (Å²) in [6, 6.07) is -0.0258. The van der Waals surface area contributed by atoms with E-state index < -0.39 is 0 Å². The van der Waals surface area contributed by atoms with Crippen LogP contribution in [0.2, 0.25) is 0 Å². The Kier molecular flexibility index (Phi) is 2.74. The fraction of sp³-hybridized carbons (Fsp3) is 0.625. The van der Waals surface area contributed by atoms with Crippen molar-refractivity contribution in [1.82, 2.24) is 19.8 Å². The SMILES string of the molecule is CN1CCC(NCc2cnns2)C1=O. The lowest BCUT2D eigenvalue weighted by molar-refractivity contribution is -0.128. The number of aromatic nitrogens is 2. The molecule has 2 heterocycles. The minimum atomic E-state index is -0.0258. The molecule has 14 heavy (non-hydrogen) atoms. The van der Waals surface area contributed by atoms with Gasteiger partial charge in [-0.15, -0.1) is 5.10 Å². The Morgan fingerprint density at radius 2 is 2.64 bits per heavy atom. The highest BCUT2D eigenvalue weighted by Gasteiger charge is 2.28. The maximum absolute atomic E-state index is 11.5. The molecule has 0 aliphatic carbocycles. The van der Waals surface area contributed by atoms with Crippen molar-refractivity contribution in [2.45, 2.75) is 19.0 Å². The number of hydrogen-bond acceptors (Lipinski definition) is 5. The van der Waals surface area contributed by atoms with E-state index in [1.54, 1.807) is 11.1 Å². The smallest absolute Gasteiger partial charge is 0.239 e. The summed E-state index contributed by atoms with van der Waals surface area (Å²) >= 11 is 1.36. The molecule has 6 heteroatoms. The predicted molar refractivity (Wildman–Crippen MR) is 52.8 cm³/mol. The number of carbonyl (C=O) groups is 1. The van der Waals surface area contributed by atoms with Gasteiger partial charge in [-0.05, 0) is 18.0 Å². The molecule has 0 bridgehead atoms. The normalized spacial score (nSPS) is 21.9. The molecule has 2 rings (SSSR count). The van der Waals surface area contributed by atoms with Crippen LogP contribution in [0.25, 0.3) is 0 Å². The first-order valence-corrected chi connectivity index (χ1v) is 5.29. The van der Waals surface area contributed by atoms with E-state index in [4.69, 9.17) is 0 Å². The number of nitrogens with zero attached hydrogens (tertiary/aromatic N) is 3. The van der Waals surface area contributed by atoms with E-state index in [2.05, 4.69) is 14.9 Å². The Morgan fingerprint density at radius 1 is 1.79 bits per heavy atom. The summed E-state index contributed by atoms with van der Waals surface area (Å²) in [7, 11) is 1.83. The van der Waals surface area contributed by atoms with Gasteiger partial charge in [-0.1, -0.05) is 4.49 Å². The van der Waals surface area contributed by atoms with Gasteiger partial charge in [0.1, 0.15) is 0 Å². The van der Waals surface area contributed by atoms with Crippen molar-refractivity contribution >= 4 is 17.4 Å². The second-order valence-corrected chi connectivity index (χ2v) is 4.24. The third-order valence-electron chi connectivity index (χ3n) is 2.36. The molecule has 1 aliphatic heterocycles. The van der Waals surface area contributed by atoms with Crippen molar-refractivity contribution in [2.75, 3.05) is 13.6 Å². The van der Waals surface area contributed by atoms with Gasteiger partial charge in [-0.2, -0.15) is 0 Å². The molecule has 0 spiro atoms. The maximum atomic E-state index is 11.5. The zero-order valence-corrected chi connectivity index (χ0v) is 8.75. The van der Waals surface area contributed by atoms with Crippen LogP contribution in [0.15, 0.2) is 6.20 Å². The molecule has 1 atom stereocenters. The Balaban J connectivity index is 1.84. The number of amides is 1. The number of likely N-dealkylation sites (tertiary alicyclic amines) is 1. The van der Waals surface area contributed by atoms with Crippen LogP contribution in [0, 0.1) is 0 Å². The fourth-order valence-electron chi connectivity index (χ4n) is 1.50. The van der Waals surface area contributed by atoms with Crippen LogP contribution in [0.4, 0.5) is 0 Å². The Labute approximate surface area is 86.3 Å². The van der Waals surface area contributed by atoms with E-state index >= 15 is 0 Å². The van der Waals surface area contributed by atoms with E-state index in [9.17, 15) is 4.79 Å². The zero-order chi connectivity index (χ0) is 9.97. The first kappa shape index (κ1) is 9.54. The summed E-state index contributed by atoms with van der Waals surface area (Å²) in [6.07, 6.45) is 2.61. The average Bonchev–Trinajstić information content (AvgIpc) is 2.77. The van der Waals surface area contributed by atoms with Crippen LogP contribution in [-0.4, -0.2) is 40.0 Å². The predicted octanol–water partition coefficient (Wildman–Crippen LogP) is -0.142. The topological polar surface area (TPSA) is 58.1 Å². The molecule has 1 unspecified atom stereocenters. The van der Waals surface area contributed by atoms with E-state index in [1.165, 1.54) is 11.5 Å². The highest BCUT2D eigenvalue weighted by atomic mass is 32.1. The summed E-state index contributed by atoms with van der Waals surface area (Å²) in [5.74, 6) is 0.183. The van der Waals surface area contributed by atoms with Crippen molar-refractivity contribution in [2.24, 2.45) is 0 Å². The molecule has 1 aliphatic rings. The number of carbonyl (C=O) groups excluding carboxylic acids is 1. The average molecular weight is 212 g/mol. The molecule has 1 amide bonds. The number of likely N-dealkylation sites (N-methyl/N-ethyl adjacent to an activating group) is 1. The molecule has 0 aromatic carbocycles. The fourth-order valence-corrected chi connectivity index (χ4v) is 1.94. The van der Waals surface area contributed by atoms with Crippen LogP contribution >= 0.6 is 11.5 Å². The van der Waals surface area contributed by atoms with Crippen molar-refractivity contribution < 1.29 is 4.79 Å². The molecule has 76 valence electrons. The first-order valence-electron chi connectivity index (χ1n) is 4.52. The molecule has 1 saturated heterocycles. The molecule has 1 aromatic rings. The standard InChI is InChI=1S/C8H12N4OS/c1-12-3-2-7(8(12)13)9-4-6-5-10-11-14-6/h5,7,9H,2-4H2,1H3. The highest BCUT2D eigenvalue weighted by Crippen LogP contribution is 2.10. The summed E-state index contributed by atoms with van der Waals surface area (Å²) < 4.78 is 3.76. The molecule has 0 saturated carbocycles. The van der Waals surface area contributed by atoms with Crippen LogP contribution in [0.1, 0.15) is 11.3 Å². The minimum Gasteiger partial charge on any atom is -0.344 e. The van der Waals surface area contributed by atoms with Gasteiger partial charge in [0.25, 0.3) is 0 Å². The van der Waals surface area contributed by atoms with Gasteiger partial charge in [0.15, 0.2) is 0 Å². The van der Waals surface area contributed by atoms with Gasteiger partial charge in [0.05, 0.1) is 17.1 Å². The minimum absolute atomic E-state index is 0.0258. The second kappa shape index (κ2) is 4.02. The quantitative estimate of drug-likeness (QED) is 0.757. The summed E-state index contributed by atoms with van der Waals surface area (Å²) in [4.78, 5) is 14.3. The summed E-state index contributed by atoms with van der Waals surface area (Å²) in [5.41, 5.74) is 0. The monoisotopic (exact) mass is 212 g/mol. The lowest BCUT2D eigenvalue weighted by atomic mass is 10.2. The van der Waals surface area contributed by atoms with E-state index in [0.29, 0.717) is 6.54 Å². The number of rotatable bonds is 3. The Hall–Kier alpha value is -1.01. The van der Waals surface area contributed by atoms with Gasteiger partial charge in [-0.25, -0.2) is 0 Å². The molecule has 1 N–H and O–H groups in total. The van der Waals surface area contributed by atoms with Gasteiger partial charge in [-0.3, -0.25) is 4.79 Å². The lowest BCUT2D eigenvalue weighted by Gasteiger charge is -2.10. The van der Waals surface area contributed by atoms with E-state index in [1.807, 2.05) is 7.05 Å². The number of nitrogens with one attached hydrogen (secondary N) is 1. The van der Waals surface area contributed by atoms with Crippen LogP contribution < -0.4 is 5.32 Å². The van der Waals surface area contributed by atoms with Crippen LogP contribution in [0.3, 0.4) is 0 Å². The lowest BCUT2D eigenvalue weighted by Crippen LogP contribution is -2.36. The van der Waals surface area contributed by atoms with Gasteiger partial charge in [0, 0.05) is 20.1 Å². The summed E-state index contributed by atoms with van der Waals surface area (Å²) in [6.45, 7) is 1.53. The largest absolute Gasteiger partial charge is 0.344 e. The summed E-state index contributed by atoms with van der Waals surface area (Å²) in [5, 5.41) is 6.94. The van der Waals surface area contributed by atoms with Crippen molar-refractivity contribution in [3.05, 3.63) is 11.1 Å². The highest BCUT2D eigenvalue weighted by molar-refractivity contribution is 7.05. The molecule has 1 fully saturated rings. The third kappa shape index (κ3) is 1.91. The first-order chi connectivity index (χ1) is 6.77. The molecule has 5 nitrogen and oxygen atoms in total.